The minimum atomic E-state index is -0.247. The highest BCUT2D eigenvalue weighted by molar-refractivity contribution is 9.10. The lowest BCUT2D eigenvalue weighted by atomic mass is 9.82. The Morgan fingerprint density at radius 3 is 2.38 bits per heavy atom. The van der Waals surface area contributed by atoms with E-state index >= 15 is 0 Å². The van der Waals surface area contributed by atoms with Crippen molar-refractivity contribution in [1.82, 2.24) is 14.7 Å². The van der Waals surface area contributed by atoms with Gasteiger partial charge >= 0.3 is 6.09 Å². The molecule has 2 fully saturated rings. The summed E-state index contributed by atoms with van der Waals surface area (Å²) in [5.74, 6) is 1.42. The summed E-state index contributed by atoms with van der Waals surface area (Å²) in [5, 5.41) is 0. The third kappa shape index (κ3) is 7.26. The normalized spacial score (nSPS) is 23.7. The lowest BCUT2D eigenvalue weighted by Gasteiger charge is -2.34. The number of halogens is 1. The third-order valence-electron chi connectivity index (χ3n) is 6.60. The molecule has 1 saturated heterocycles. The average Bonchev–Trinajstić information content (AvgIpc) is 2.74. The second-order valence-electron chi connectivity index (χ2n) is 8.75. The Labute approximate surface area is 184 Å². The highest BCUT2D eigenvalue weighted by atomic mass is 79.9. The Kier molecular flexibility index (Phi) is 8.82. The maximum absolute atomic E-state index is 12.4. The number of likely N-dealkylation sites (N-methyl/N-ethyl adjacent to an activating group) is 1. The van der Waals surface area contributed by atoms with E-state index in [1.54, 1.807) is 4.90 Å². The molecule has 6 heteroatoms. The largest absolute Gasteiger partial charge is 0.415 e. The SMILES string of the molecule is CN1CCN(CCCCC2CCC(N(C)C(=O)Oc3ccc(Br)cc3)CC2)CC1. The Morgan fingerprint density at radius 2 is 1.72 bits per heavy atom. The van der Waals surface area contributed by atoms with Crippen molar-refractivity contribution in [2.45, 2.75) is 51.0 Å². The number of carbonyl (C=O) groups excluding carboxylic acids is 1. The van der Waals surface area contributed by atoms with Crippen LogP contribution in [0.5, 0.6) is 5.75 Å². The van der Waals surface area contributed by atoms with E-state index < -0.39 is 0 Å². The van der Waals surface area contributed by atoms with Gasteiger partial charge in [-0.25, -0.2) is 4.79 Å². The molecule has 1 aromatic carbocycles. The van der Waals surface area contributed by atoms with Crippen LogP contribution in [0.1, 0.15) is 44.9 Å². The number of hydrogen-bond acceptors (Lipinski definition) is 4. The van der Waals surface area contributed by atoms with Gasteiger partial charge < -0.3 is 19.4 Å². The Balaban J connectivity index is 1.30. The number of piperazine rings is 1. The van der Waals surface area contributed by atoms with Crippen LogP contribution in [0.25, 0.3) is 0 Å². The minimum absolute atomic E-state index is 0.247. The van der Waals surface area contributed by atoms with Crippen LogP contribution >= 0.6 is 15.9 Å². The molecule has 0 N–H and O–H groups in total. The summed E-state index contributed by atoms with van der Waals surface area (Å²) in [5.41, 5.74) is 0. The molecule has 2 aliphatic rings. The maximum Gasteiger partial charge on any atom is 0.415 e. The van der Waals surface area contributed by atoms with Gasteiger partial charge in [-0.3, -0.25) is 0 Å². The summed E-state index contributed by atoms with van der Waals surface area (Å²) >= 11 is 3.40. The smallest absolute Gasteiger partial charge is 0.410 e. The molecule has 1 aliphatic heterocycles. The Hall–Kier alpha value is -1.11. The molecule has 0 radical (unpaired) electrons. The van der Waals surface area contributed by atoms with Gasteiger partial charge in [0, 0.05) is 43.7 Å². The standard InChI is InChI=1S/C23H36BrN3O2/c1-25-15-17-27(18-16-25)14-4-3-5-19-6-10-21(11-7-19)26(2)23(28)29-22-12-8-20(24)9-13-22/h8-9,12-13,19,21H,3-7,10-11,14-18H2,1-2H3. The zero-order valence-corrected chi connectivity index (χ0v) is 19.6. The Bertz CT molecular complexity index is 624. The first-order chi connectivity index (χ1) is 14.0. The number of ether oxygens (including phenoxy) is 1. The zero-order valence-electron chi connectivity index (χ0n) is 18.0. The molecular weight excluding hydrogens is 430 g/mol. The Morgan fingerprint density at radius 1 is 1.07 bits per heavy atom. The summed E-state index contributed by atoms with van der Waals surface area (Å²) in [6.07, 6.45) is 8.40. The summed E-state index contributed by atoms with van der Waals surface area (Å²) < 4.78 is 6.49. The van der Waals surface area contributed by atoms with Gasteiger partial charge in [0.1, 0.15) is 5.75 Å². The molecular formula is C23H36BrN3O2. The van der Waals surface area contributed by atoms with Crippen LogP contribution in [-0.4, -0.2) is 73.7 Å². The van der Waals surface area contributed by atoms with E-state index in [4.69, 9.17) is 4.74 Å². The molecule has 0 aromatic heterocycles. The fourth-order valence-electron chi connectivity index (χ4n) is 4.49. The van der Waals surface area contributed by atoms with Crippen LogP contribution in [0, 0.1) is 5.92 Å². The van der Waals surface area contributed by atoms with E-state index in [0.29, 0.717) is 11.8 Å². The molecule has 1 amide bonds. The summed E-state index contributed by atoms with van der Waals surface area (Å²) in [7, 11) is 4.09. The van der Waals surface area contributed by atoms with E-state index in [0.717, 1.165) is 23.2 Å². The second-order valence-corrected chi connectivity index (χ2v) is 9.66. The van der Waals surface area contributed by atoms with Crippen LogP contribution in [-0.2, 0) is 0 Å². The quantitative estimate of drug-likeness (QED) is 0.538. The van der Waals surface area contributed by atoms with Crippen LogP contribution in [0.2, 0.25) is 0 Å². The van der Waals surface area contributed by atoms with Gasteiger partial charge in [-0.1, -0.05) is 28.8 Å². The molecule has 1 heterocycles. The minimum Gasteiger partial charge on any atom is -0.410 e. The van der Waals surface area contributed by atoms with E-state index in [1.165, 1.54) is 64.8 Å². The van der Waals surface area contributed by atoms with Crippen molar-refractivity contribution >= 4 is 22.0 Å². The first-order valence-electron chi connectivity index (χ1n) is 11.1. The van der Waals surface area contributed by atoms with Gasteiger partial charge in [-0.05, 0) is 75.9 Å². The molecule has 0 atom stereocenters. The monoisotopic (exact) mass is 465 g/mol. The number of nitrogens with zero attached hydrogens (tertiary/aromatic N) is 3. The highest BCUT2D eigenvalue weighted by Gasteiger charge is 2.27. The average molecular weight is 466 g/mol. The van der Waals surface area contributed by atoms with Gasteiger partial charge in [0.2, 0.25) is 0 Å². The fraction of sp³-hybridized carbons (Fsp3) is 0.696. The maximum atomic E-state index is 12.4. The van der Waals surface area contributed by atoms with E-state index in [1.807, 2.05) is 31.3 Å². The van der Waals surface area contributed by atoms with E-state index in [-0.39, 0.29) is 6.09 Å². The zero-order chi connectivity index (χ0) is 20.6. The number of unbranched alkanes of at least 4 members (excludes halogenated alkanes) is 1. The highest BCUT2D eigenvalue weighted by Crippen LogP contribution is 2.31. The predicted octanol–water partition coefficient (Wildman–Crippen LogP) is 4.86. The third-order valence-corrected chi connectivity index (χ3v) is 7.13. The number of hydrogen-bond donors (Lipinski definition) is 0. The molecule has 1 aromatic rings. The van der Waals surface area contributed by atoms with Crippen LogP contribution in [0.15, 0.2) is 28.7 Å². The van der Waals surface area contributed by atoms with Crippen LogP contribution < -0.4 is 4.74 Å². The first-order valence-corrected chi connectivity index (χ1v) is 11.9. The van der Waals surface area contributed by atoms with Gasteiger partial charge in [0.05, 0.1) is 0 Å². The molecule has 1 aliphatic carbocycles. The number of carbonyl (C=O) groups is 1. The lowest BCUT2D eigenvalue weighted by molar-refractivity contribution is 0.122. The summed E-state index contributed by atoms with van der Waals surface area (Å²) in [4.78, 5) is 19.3. The number of rotatable bonds is 7. The van der Waals surface area contributed by atoms with Crippen molar-refractivity contribution in [2.75, 3.05) is 46.8 Å². The van der Waals surface area contributed by atoms with Crippen LogP contribution in [0.4, 0.5) is 4.79 Å². The van der Waals surface area contributed by atoms with E-state index in [2.05, 4.69) is 32.8 Å². The topological polar surface area (TPSA) is 36.0 Å². The lowest BCUT2D eigenvalue weighted by Crippen LogP contribution is -2.44. The summed E-state index contributed by atoms with van der Waals surface area (Å²) in [6.45, 7) is 6.13. The molecule has 162 valence electrons. The van der Waals surface area contributed by atoms with Gasteiger partial charge in [-0.15, -0.1) is 0 Å². The molecule has 5 nitrogen and oxygen atoms in total. The fourth-order valence-corrected chi connectivity index (χ4v) is 4.75. The molecule has 0 unspecified atom stereocenters. The molecule has 1 saturated carbocycles. The predicted molar refractivity (Wildman–Crippen MR) is 121 cm³/mol. The first kappa shape index (κ1) is 22.6. The summed E-state index contributed by atoms with van der Waals surface area (Å²) in [6, 6.07) is 7.71. The number of benzene rings is 1. The second kappa shape index (κ2) is 11.3. The van der Waals surface area contributed by atoms with Crippen molar-refractivity contribution in [1.29, 1.82) is 0 Å². The van der Waals surface area contributed by atoms with Crippen molar-refractivity contribution in [3.63, 3.8) is 0 Å². The van der Waals surface area contributed by atoms with Gasteiger partial charge in [0.15, 0.2) is 0 Å². The molecule has 29 heavy (non-hydrogen) atoms. The van der Waals surface area contributed by atoms with Gasteiger partial charge in [0.25, 0.3) is 0 Å². The molecule has 3 rings (SSSR count). The van der Waals surface area contributed by atoms with Crippen molar-refractivity contribution < 1.29 is 9.53 Å². The van der Waals surface area contributed by atoms with Crippen molar-refractivity contribution in [2.24, 2.45) is 5.92 Å². The van der Waals surface area contributed by atoms with E-state index in [9.17, 15) is 4.79 Å². The van der Waals surface area contributed by atoms with Gasteiger partial charge in [-0.2, -0.15) is 0 Å². The van der Waals surface area contributed by atoms with Crippen LogP contribution in [0.3, 0.4) is 0 Å². The van der Waals surface area contributed by atoms with Crippen molar-refractivity contribution in [3.05, 3.63) is 28.7 Å². The number of amides is 1. The molecule has 0 spiro atoms. The molecule has 0 bridgehead atoms. The van der Waals surface area contributed by atoms with Crippen molar-refractivity contribution in [3.8, 4) is 5.75 Å².